The lowest BCUT2D eigenvalue weighted by atomic mass is 10.1. The maximum Gasteiger partial charge on any atom is 0.339 e. The first-order chi connectivity index (χ1) is 8.51. The van der Waals surface area contributed by atoms with Crippen LogP contribution >= 0.6 is 0 Å². The summed E-state index contributed by atoms with van der Waals surface area (Å²) in [5, 5.41) is 19.6. The van der Waals surface area contributed by atoms with Gasteiger partial charge in [-0.25, -0.2) is 4.79 Å². The Morgan fingerprint density at radius 2 is 2.11 bits per heavy atom. The molecule has 0 saturated carbocycles. The molecule has 0 saturated heterocycles. The summed E-state index contributed by atoms with van der Waals surface area (Å²) < 4.78 is 10.1. The largest absolute Gasteiger partial charge is 0.504 e. The van der Waals surface area contributed by atoms with Crippen LogP contribution in [-0.2, 0) is 6.42 Å². The molecular formula is C13H14O5. The first kappa shape index (κ1) is 12.4. The fraction of sp³-hybridized carbons (Fsp3) is 0.308. The van der Waals surface area contributed by atoms with Gasteiger partial charge in [0.25, 0.3) is 0 Å². The highest BCUT2D eigenvalue weighted by Gasteiger charge is 2.12. The molecule has 0 aliphatic heterocycles. The van der Waals surface area contributed by atoms with Crippen LogP contribution in [0.4, 0.5) is 0 Å². The molecule has 96 valence electrons. The second kappa shape index (κ2) is 4.70. The Kier molecular flexibility index (Phi) is 3.25. The Bertz CT molecular complexity index is 627. The SMILES string of the molecule is COc1cc(O)c2oc(=O)c(C[C@H](C)O)cc2c1. The molecule has 2 aromatic rings. The van der Waals surface area contributed by atoms with E-state index in [0.717, 1.165) is 0 Å². The van der Waals surface area contributed by atoms with E-state index in [1.54, 1.807) is 19.1 Å². The number of phenols is 1. The van der Waals surface area contributed by atoms with E-state index < -0.39 is 11.7 Å². The lowest BCUT2D eigenvalue weighted by Gasteiger charge is -2.07. The van der Waals surface area contributed by atoms with Crippen molar-refractivity contribution < 1.29 is 19.4 Å². The molecule has 0 bridgehead atoms. The molecule has 5 nitrogen and oxygen atoms in total. The summed E-state index contributed by atoms with van der Waals surface area (Å²) in [6.45, 7) is 1.59. The number of methoxy groups -OCH3 is 1. The standard InChI is InChI=1S/C13H14O5/c1-7(14)3-9-4-8-5-10(17-2)6-11(15)12(8)18-13(9)16/h4-7,14-15H,3H2,1-2H3/t7-/m0/s1. The van der Waals surface area contributed by atoms with E-state index in [-0.39, 0.29) is 17.8 Å². The highest BCUT2D eigenvalue weighted by atomic mass is 16.5. The normalized spacial score (nSPS) is 12.6. The molecule has 18 heavy (non-hydrogen) atoms. The molecule has 2 N–H and O–H groups in total. The topological polar surface area (TPSA) is 79.9 Å². The van der Waals surface area contributed by atoms with Crippen LogP contribution in [0.1, 0.15) is 12.5 Å². The van der Waals surface area contributed by atoms with Crippen LogP contribution in [0.2, 0.25) is 0 Å². The van der Waals surface area contributed by atoms with E-state index in [1.807, 2.05) is 0 Å². The van der Waals surface area contributed by atoms with Gasteiger partial charge in [-0.15, -0.1) is 0 Å². The van der Waals surface area contributed by atoms with Crippen molar-refractivity contribution in [2.75, 3.05) is 7.11 Å². The minimum Gasteiger partial charge on any atom is -0.504 e. The van der Waals surface area contributed by atoms with E-state index in [2.05, 4.69) is 0 Å². The zero-order chi connectivity index (χ0) is 13.3. The Labute approximate surface area is 103 Å². The minimum absolute atomic E-state index is 0.121. The third-order valence-corrected chi connectivity index (χ3v) is 2.61. The number of fused-ring (bicyclic) bond motifs is 1. The van der Waals surface area contributed by atoms with Crippen molar-refractivity contribution >= 4 is 11.0 Å². The van der Waals surface area contributed by atoms with E-state index in [1.165, 1.54) is 13.2 Å². The quantitative estimate of drug-likeness (QED) is 0.805. The van der Waals surface area contributed by atoms with Crippen molar-refractivity contribution in [3.8, 4) is 11.5 Å². The molecule has 1 heterocycles. The third-order valence-electron chi connectivity index (χ3n) is 2.61. The van der Waals surface area contributed by atoms with Gasteiger partial charge in [-0.05, 0) is 19.1 Å². The predicted molar refractivity (Wildman–Crippen MR) is 66.1 cm³/mol. The molecule has 0 aliphatic carbocycles. The Hall–Kier alpha value is -2.01. The first-order valence-corrected chi connectivity index (χ1v) is 5.53. The van der Waals surface area contributed by atoms with Crippen LogP contribution in [-0.4, -0.2) is 23.4 Å². The Morgan fingerprint density at radius 3 is 2.72 bits per heavy atom. The van der Waals surface area contributed by atoms with E-state index in [0.29, 0.717) is 16.7 Å². The molecule has 2 rings (SSSR count). The third kappa shape index (κ3) is 2.31. The van der Waals surface area contributed by atoms with Gasteiger partial charge in [0.15, 0.2) is 11.3 Å². The summed E-state index contributed by atoms with van der Waals surface area (Å²) in [7, 11) is 1.48. The molecule has 0 unspecified atom stereocenters. The number of hydrogen-bond donors (Lipinski definition) is 2. The summed E-state index contributed by atoms with van der Waals surface area (Å²) >= 11 is 0. The molecule has 1 aromatic heterocycles. The monoisotopic (exact) mass is 250 g/mol. The molecule has 0 aliphatic rings. The number of aromatic hydroxyl groups is 1. The van der Waals surface area contributed by atoms with Crippen molar-refractivity contribution in [1.29, 1.82) is 0 Å². The molecule has 1 atom stereocenters. The van der Waals surface area contributed by atoms with E-state index in [4.69, 9.17) is 9.15 Å². The maximum atomic E-state index is 11.7. The molecule has 0 fully saturated rings. The van der Waals surface area contributed by atoms with Gasteiger partial charge >= 0.3 is 5.63 Å². The molecule has 0 amide bonds. The second-order valence-electron chi connectivity index (χ2n) is 4.18. The number of aliphatic hydroxyl groups is 1. The maximum absolute atomic E-state index is 11.7. The fourth-order valence-corrected chi connectivity index (χ4v) is 1.81. The lowest BCUT2D eigenvalue weighted by molar-refractivity contribution is 0.194. The van der Waals surface area contributed by atoms with Gasteiger partial charge in [0.2, 0.25) is 0 Å². The van der Waals surface area contributed by atoms with Crippen LogP contribution in [0.3, 0.4) is 0 Å². The van der Waals surface area contributed by atoms with Crippen LogP contribution in [0, 0.1) is 0 Å². The minimum atomic E-state index is -0.635. The number of ether oxygens (including phenoxy) is 1. The van der Waals surface area contributed by atoms with E-state index in [9.17, 15) is 15.0 Å². The summed E-state index contributed by atoms with van der Waals surface area (Å²) in [4.78, 5) is 11.7. The highest BCUT2D eigenvalue weighted by molar-refractivity contribution is 5.84. The molecule has 5 heteroatoms. The predicted octanol–water partition coefficient (Wildman–Crippen LogP) is 1.43. The van der Waals surface area contributed by atoms with Gasteiger partial charge in [0, 0.05) is 23.4 Å². The van der Waals surface area contributed by atoms with Gasteiger partial charge in [0.1, 0.15) is 5.75 Å². The average Bonchev–Trinajstić information content (AvgIpc) is 2.30. The number of phenolic OH excluding ortho intramolecular Hbond substituents is 1. The highest BCUT2D eigenvalue weighted by Crippen LogP contribution is 2.29. The van der Waals surface area contributed by atoms with Crippen molar-refractivity contribution in [2.45, 2.75) is 19.4 Å². The van der Waals surface area contributed by atoms with Crippen LogP contribution in [0.5, 0.6) is 11.5 Å². The van der Waals surface area contributed by atoms with Gasteiger partial charge in [-0.1, -0.05) is 0 Å². The fourth-order valence-electron chi connectivity index (χ4n) is 1.81. The molecule has 0 spiro atoms. The average molecular weight is 250 g/mol. The Morgan fingerprint density at radius 1 is 1.39 bits per heavy atom. The molecular weight excluding hydrogens is 236 g/mol. The van der Waals surface area contributed by atoms with Crippen LogP contribution in [0.25, 0.3) is 11.0 Å². The smallest absolute Gasteiger partial charge is 0.339 e. The van der Waals surface area contributed by atoms with Gasteiger partial charge in [0.05, 0.1) is 13.2 Å². The van der Waals surface area contributed by atoms with Crippen LogP contribution in [0.15, 0.2) is 27.4 Å². The molecule has 0 radical (unpaired) electrons. The first-order valence-electron chi connectivity index (χ1n) is 5.53. The molecule has 1 aromatic carbocycles. The van der Waals surface area contributed by atoms with Crippen molar-refractivity contribution in [2.24, 2.45) is 0 Å². The number of aliphatic hydroxyl groups excluding tert-OH is 1. The Balaban J connectivity index is 2.65. The van der Waals surface area contributed by atoms with Gasteiger partial charge in [-0.2, -0.15) is 0 Å². The summed E-state index contributed by atoms with van der Waals surface area (Å²) in [6.07, 6.45) is -0.430. The van der Waals surface area contributed by atoms with Crippen molar-refractivity contribution in [1.82, 2.24) is 0 Å². The summed E-state index contributed by atoms with van der Waals surface area (Å²) in [5.41, 5.74) is -0.0656. The summed E-state index contributed by atoms with van der Waals surface area (Å²) in [5.74, 6) is 0.321. The lowest BCUT2D eigenvalue weighted by Crippen LogP contribution is -2.14. The van der Waals surface area contributed by atoms with Crippen molar-refractivity contribution in [3.05, 3.63) is 34.2 Å². The zero-order valence-corrected chi connectivity index (χ0v) is 10.1. The zero-order valence-electron chi connectivity index (χ0n) is 10.1. The van der Waals surface area contributed by atoms with E-state index >= 15 is 0 Å². The number of rotatable bonds is 3. The number of benzene rings is 1. The van der Waals surface area contributed by atoms with Gasteiger partial charge < -0.3 is 19.4 Å². The second-order valence-corrected chi connectivity index (χ2v) is 4.18. The summed E-state index contributed by atoms with van der Waals surface area (Å²) in [6, 6.07) is 4.62. The number of hydrogen-bond acceptors (Lipinski definition) is 5. The van der Waals surface area contributed by atoms with Crippen molar-refractivity contribution in [3.63, 3.8) is 0 Å². The van der Waals surface area contributed by atoms with Gasteiger partial charge in [-0.3, -0.25) is 0 Å². The van der Waals surface area contributed by atoms with Crippen LogP contribution < -0.4 is 10.4 Å².